The van der Waals surface area contributed by atoms with Crippen LogP contribution in [0.5, 0.6) is 0 Å². The Bertz CT molecular complexity index is 598. The monoisotopic (exact) mass is 216 g/mol. The Balaban J connectivity index is 2.63. The summed E-state index contributed by atoms with van der Waals surface area (Å²) in [6.45, 7) is 3.40. The largest absolute Gasteiger partial charge is 0.360 e. The highest BCUT2D eigenvalue weighted by molar-refractivity contribution is 6.13. The number of aromatic amines is 1. The number of non-ortho nitro benzene ring substituents is 1. The molecule has 0 unspecified atom stereocenters. The number of nitro groups is 1. The first kappa shape index (κ1) is 10.1. The van der Waals surface area contributed by atoms with Crippen LogP contribution in [0.2, 0.25) is 0 Å². The molecule has 1 N–H and O–H groups in total. The molecule has 0 spiro atoms. The van der Waals surface area contributed by atoms with Gasteiger partial charge in [0.2, 0.25) is 0 Å². The second-order valence-corrected chi connectivity index (χ2v) is 3.26. The number of rotatable bonds is 3. The number of nitrogens with zero attached hydrogens (tertiary/aromatic N) is 1. The van der Waals surface area contributed by atoms with Crippen LogP contribution < -0.4 is 0 Å². The number of fused-ring (bicyclic) bond motifs is 1. The summed E-state index contributed by atoms with van der Waals surface area (Å²) in [6, 6.07) is 4.33. The van der Waals surface area contributed by atoms with Crippen LogP contribution in [0.25, 0.3) is 10.9 Å². The third-order valence-corrected chi connectivity index (χ3v) is 2.33. The maximum absolute atomic E-state index is 11.4. The van der Waals surface area contributed by atoms with Crippen LogP contribution in [0.4, 0.5) is 5.69 Å². The highest BCUT2D eigenvalue weighted by Crippen LogP contribution is 2.23. The molecule has 80 valence electrons. The molecule has 0 fully saturated rings. The molecule has 1 aromatic heterocycles. The van der Waals surface area contributed by atoms with Gasteiger partial charge in [0.15, 0.2) is 5.78 Å². The van der Waals surface area contributed by atoms with Crippen LogP contribution in [0.1, 0.15) is 10.4 Å². The third kappa shape index (κ3) is 1.48. The topological polar surface area (TPSA) is 76.0 Å². The van der Waals surface area contributed by atoms with Crippen molar-refractivity contribution in [3.63, 3.8) is 0 Å². The van der Waals surface area contributed by atoms with E-state index in [1.54, 1.807) is 6.07 Å². The minimum atomic E-state index is -0.477. The highest BCUT2D eigenvalue weighted by atomic mass is 16.6. The Morgan fingerprint density at radius 2 is 2.25 bits per heavy atom. The summed E-state index contributed by atoms with van der Waals surface area (Å²) in [6.07, 6.45) is 2.74. The number of hydrogen-bond acceptors (Lipinski definition) is 3. The van der Waals surface area contributed by atoms with Crippen LogP contribution in [-0.4, -0.2) is 15.7 Å². The van der Waals surface area contributed by atoms with Gasteiger partial charge in [0.1, 0.15) is 0 Å². The first-order valence-corrected chi connectivity index (χ1v) is 4.56. The van der Waals surface area contributed by atoms with Crippen molar-refractivity contribution < 1.29 is 9.72 Å². The van der Waals surface area contributed by atoms with Crippen LogP contribution in [0, 0.1) is 10.1 Å². The normalized spacial score (nSPS) is 10.2. The number of carbonyl (C=O) groups excluding carboxylic acids is 1. The van der Waals surface area contributed by atoms with E-state index in [1.165, 1.54) is 24.4 Å². The van der Waals surface area contributed by atoms with Crippen molar-refractivity contribution in [1.82, 2.24) is 4.98 Å². The summed E-state index contributed by atoms with van der Waals surface area (Å²) in [7, 11) is 0. The number of allylic oxidation sites excluding steroid dienone is 1. The number of ketones is 1. The van der Waals surface area contributed by atoms with Crippen LogP contribution in [0.15, 0.2) is 37.1 Å². The second-order valence-electron chi connectivity index (χ2n) is 3.26. The number of H-pyrrole nitrogens is 1. The van der Waals surface area contributed by atoms with E-state index in [1.807, 2.05) is 0 Å². The predicted octanol–water partition coefficient (Wildman–Crippen LogP) is 2.44. The zero-order valence-corrected chi connectivity index (χ0v) is 8.27. The number of nitro benzene ring substituents is 1. The molecule has 0 saturated heterocycles. The van der Waals surface area contributed by atoms with Crippen molar-refractivity contribution in [2.45, 2.75) is 0 Å². The molecule has 2 rings (SSSR count). The van der Waals surface area contributed by atoms with Crippen molar-refractivity contribution >= 4 is 22.4 Å². The Kier molecular flexibility index (Phi) is 2.28. The van der Waals surface area contributed by atoms with Gasteiger partial charge in [-0.15, -0.1) is 0 Å². The van der Waals surface area contributed by atoms with Gasteiger partial charge in [-0.3, -0.25) is 14.9 Å². The van der Waals surface area contributed by atoms with Gasteiger partial charge in [-0.2, -0.15) is 0 Å². The first-order chi connectivity index (χ1) is 7.63. The molecule has 16 heavy (non-hydrogen) atoms. The highest BCUT2D eigenvalue weighted by Gasteiger charge is 2.12. The van der Waals surface area contributed by atoms with Gasteiger partial charge in [-0.1, -0.05) is 6.58 Å². The van der Waals surface area contributed by atoms with E-state index in [9.17, 15) is 14.9 Å². The lowest BCUT2D eigenvalue weighted by molar-refractivity contribution is -0.384. The first-order valence-electron chi connectivity index (χ1n) is 4.56. The number of carbonyl (C=O) groups is 1. The molecule has 1 heterocycles. The molecule has 0 bridgehead atoms. The van der Waals surface area contributed by atoms with E-state index in [0.29, 0.717) is 16.5 Å². The SMILES string of the molecule is C=CC(=O)c1c[nH]c2cc([N+](=O)[O-])ccc12. The van der Waals surface area contributed by atoms with E-state index >= 15 is 0 Å². The number of nitrogens with one attached hydrogen (secondary N) is 1. The fraction of sp³-hybridized carbons (Fsp3) is 0. The van der Waals surface area contributed by atoms with Crippen LogP contribution >= 0.6 is 0 Å². The van der Waals surface area contributed by atoms with E-state index in [0.717, 1.165) is 0 Å². The third-order valence-electron chi connectivity index (χ3n) is 2.33. The van der Waals surface area contributed by atoms with Crippen molar-refractivity contribution in [2.75, 3.05) is 0 Å². The zero-order valence-electron chi connectivity index (χ0n) is 8.27. The van der Waals surface area contributed by atoms with Crippen LogP contribution in [-0.2, 0) is 0 Å². The van der Waals surface area contributed by atoms with Gasteiger partial charge >= 0.3 is 0 Å². The molecule has 0 amide bonds. The molecule has 0 radical (unpaired) electrons. The maximum atomic E-state index is 11.4. The Hall–Kier alpha value is -2.43. The quantitative estimate of drug-likeness (QED) is 0.370. The van der Waals surface area contributed by atoms with Crippen molar-refractivity contribution in [3.05, 3.63) is 52.7 Å². The Morgan fingerprint density at radius 1 is 1.50 bits per heavy atom. The van der Waals surface area contributed by atoms with E-state index in [-0.39, 0.29) is 11.5 Å². The van der Waals surface area contributed by atoms with Crippen LogP contribution in [0.3, 0.4) is 0 Å². The molecule has 0 aliphatic carbocycles. The standard InChI is InChI=1S/C11H8N2O3/c1-2-11(14)9-6-12-10-5-7(13(15)16)3-4-8(9)10/h2-6,12H,1H2. The second kappa shape index (κ2) is 3.62. The fourth-order valence-corrected chi connectivity index (χ4v) is 1.54. The minimum Gasteiger partial charge on any atom is -0.360 e. The lowest BCUT2D eigenvalue weighted by atomic mass is 10.1. The molecule has 5 heteroatoms. The van der Waals surface area contributed by atoms with E-state index < -0.39 is 4.92 Å². The average Bonchev–Trinajstić information content (AvgIpc) is 2.70. The molecule has 2 aromatic rings. The van der Waals surface area contributed by atoms with Gasteiger partial charge in [-0.25, -0.2) is 0 Å². The lowest BCUT2D eigenvalue weighted by Gasteiger charge is -1.94. The van der Waals surface area contributed by atoms with Crippen molar-refractivity contribution in [2.24, 2.45) is 0 Å². The van der Waals surface area contributed by atoms with Crippen molar-refractivity contribution in [3.8, 4) is 0 Å². The molecule has 5 nitrogen and oxygen atoms in total. The summed E-state index contributed by atoms with van der Waals surface area (Å²) in [5.41, 5.74) is 1.03. The molecule has 0 aliphatic heterocycles. The van der Waals surface area contributed by atoms with Gasteiger partial charge < -0.3 is 4.98 Å². The van der Waals surface area contributed by atoms with E-state index in [2.05, 4.69) is 11.6 Å². The Labute approximate surface area is 90.5 Å². The minimum absolute atomic E-state index is 0.00745. The van der Waals surface area contributed by atoms with Gasteiger partial charge in [0, 0.05) is 29.3 Å². The van der Waals surface area contributed by atoms with Gasteiger partial charge in [0.05, 0.1) is 10.4 Å². The summed E-state index contributed by atoms with van der Waals surface area (Å²) in [5, 5.41) is 11.2. The molecule has 0 saturated carbocycles. The number of hydrogen-bond donors (Lipinski definition) is 1. The lowest BCUT2D eigenvalue weighted by Crippen LogP contribution is -1.91. The molecule has 0 atom stereocenters. The summed E-state index contributed by atoms with van der Waals surface area (Å²) in [5.74, 6) is -0.208. The fourth-order valence-electron chi connectivity index (χ4n) is 1.54. The van der Waals surface area contributed by atoms with Crippen molar-refractivity contribution in [1.29, 1.82) is 0 Å². The predicted molar refractivity (Wildman–Crippen MR) is 59.5 cm³/mol. The van der Waals surface area contributed by atoms with Gasteiger partial charge in [0.25, 0.3) is 5.69 Å². The summed E-state index contributed by atoms with van der Waals surface area (Å²) in [4.78, 5) is 24.3. The van der Waals surface area contributed by atoms with E-state index in [4.69, 9.17) is 0 Å². The molecular formula is C11H8N2O3. The number of aromatic nitrogens is 1. The Morgan fingerprint density at radius 3 is 2.88 bits per heavy atom. The smallest absolute Gasteiger partial charge is 0.271 e. The van der Waals surface area contributed by atoms with Gasteiger partial charge in [-0.05, 0) is 12.1 Å². The maximum Gasteiger partial charge on any atom is 0.271 e. The molecular weight excluding hydrogens is 208 g/mol. The molecule has 0 aliphatic rings. The number of benzene rings is 1. The summed E-state index contributed by atoms with van der Waals surface area (Å²) < 4.78 is 0. The zero-order chi connectivity index (χ0) is 11.7. The average molecular weight is 216 g/mol. The molecule has 1 aromatic carbocycles. The summed E-state index contributed by atoms with van der Waals surface area (Å²) >= 11 is 0.